The minimum Gasteiger partial charge on any atom is -0.491 e. The number of hydrogen-bond acceptors (Lipinski definition) is 4. The van der Waals surface area contributed by atoms with Crippen molar-refractivity contribution in [2.24, 2.45) is 5.92 Å². The summed E-state index contributed by atoms with van der Waals surface area (Å²) in [5.41, 5.74) is 2.43. The number of aromatic nitrogens is 2. The molecule has 1 saturated heterocycles. The molecule has 136 valence electrons. The van der Waals surface area contributed by atoms with Crippen LogP contribution in [0.2, 0.25) is 0 Å². The first-order valence-electron chi connectivity index (χ1n) is 9.17. The fraction of sp³-hybridized carbons (Fsp3) is 0.550. The fourth-order valence-corrected chi connectivity index (χ4v) is 3.36. The molecule has 1 fully saturated rings. The molecule has 1 aliphatic heterocycles. The van der Waals surface area contributed by atoms with Crippen LogP contribution in [-0.2, 0) is 6.54 Å². The van der Waals surface area contributed by atoms with Crippen molar-refractivity contribution in [3.05, 3.63) is 47.8 Å². The molecule has 0 saturated carbocycles. The molecule has 0 bridgehead atoms. The molecule has 3 rings (SSSR count). The number of rotatable bonds is 7. The van der Waals surface area contributed by atoms with E-state index in [-0.39, 0.29) is 0 Å². The molecule has 0 spiro atoms. The lowest BCUT2D eigenvalue weighted by atomic mass is 9.96. The van der Waals surface area contributed by atoms with Crippen molar-refractivity contribution in [2.45, 2.75) is 39.3 Å². The van der Waals surface area contributed by atoms with Gasteiger partial charge in [-0.25, -0.2) is 0 Å². The van der Waals surface area contributed by atoms with Gasteiger partial charge in [0.05, 0.1) is 6.20 Å². The van der Waals surface area contributed by atoms with E-state index in [0.29, 0.717) is 19.1 Å². The maximum Gasteiger partial charge on any atom is 0.119 e. The van der Waals surface area contributed by atoms with Gasteiger partial charge >= 0.3 is 0 Å². The van der Waals surface area contributed by atoms with E-state index >= 15 is 0 Å². The van der Waals surface area contributed by atoms with Crippen molar-refractivity contribution in [2.75, 3.05) is 26.2 Å². The van der Waals surface area contributed by atoms with Gasteiger partial charge in [-0.3, -0.25) is 4.68 Å². The first kappa shape index (κ1) is 18.0. The molecule has 0 radical (unpaired) electrons. The smallest absolute Gasteiger partial charge is 0.119 e. The molecule has 1 aliphatic rings. The molecule has 1 atom stereocenters. The topological polar surface area (TPSA) is 50.5 Å². The Morgan fingerprint density at radius 2 is 1.88 bits per heavy atom. The van der Waals surface area contributed by atoms with E-state index in [9.17, 15) is 5.11 Å². The van der Waals surface area contributed by atoms with Crippen LogP contribution in [0.1, 0.15) is 24.0 Å². The molecule has 1 N–H and O–H groups in total. The van der Waals surface area contributed by atoms with Gasteiger partial charge in [0.25, 0.3) is 0 Å². The lowest BCUT2D eigenvalue weighted by Crippen LogP contribution is -2.41. The third-order valence-corrected chi connectivity index (χ3v) is 4.85. The van der Waals surface area contributed by atoms with Crippen molar-refractivity contribution >= 4 is 0 Å². The molecule has 5 nitrogen and oxygen atoms in total. The van der Waals surface area contributed by atoms with Crippen molar-refractivity contribution < 1.29 is 9.84 Å². The monoisotopic (exact) mass is 343 g/mol. The van der Waals surface area contributed by atoms with Gasteiger partial charge in [0.2, 0.25) is 0 Å². The van der Waals surface area contributed by atoms with Gasteiger partial charge in [0.1, 0.15) is 18.5 Å². The maximum atomic E-state index is 10.2. The van der Waals surface area contributed by atoms with E-state index in [1.54, 1.807) is 0 Å². The lowest BCUT2D eigenvalue weighted by molar-refractivity contribution is 0.0534. The Kier molecular flexibility index (Phi) is 6.10. The minimum absolute atomic E-state index is 0.343. The third-order valence-electron chi connectivity index (χ3n) is 4.85. The molecule has 25 heavy (non-hydrogen) atoms. The molecule has 5 heteroatoms. The summed E-state index contributed by atoms with van der Waals surface area (Å²) in [5.74, 6) is 1.49. The van der Waals surface area contributed by atoms with Crippen LogP contribution in [0.3, 0.4) is 0 Å². The van der Waals surface area contributed by atoms with Crippen LogP contribution in [0.15, 0.2) is 36.7 Å². The van der Waals surface area contributed by atoms with Gasteiger partial charge < -0.3 is 14.7 Å². The Morgan fingerprint density at radius 1 is 1.16 bits per heavy atom. The minimum atomic E-state index is -0.452. The average molecular weight is 343 g/mol. The SMILES string of the molecule is Cc1ccc(OC[C@H](O)CN2CCC(Cn3cc(C)cn3)CC2)cc1. The Labute approximate surface area is 150 Å². The van der Waals surface area contributed by atoms with Crippen LogP contribution in [0.4, 0.5) is 0 Å². The molecule has 1 aromatic heterocycles. The third kappa shape index (κ3) is 5.58. The van der Waals surface area contributed by atoms with E-state index in [0.717, 1.165) is 38.2 Å². The number of piperidine rings is 1. The number of β-amino-alcohol motifs (C(OH)–C–C–N with tert-alkyl or cyclic N) is 1. The Hall–Kier alpha value is -1.85. The second-order valence-corrected chi connectivity index (χ2v) is 7.26. The van der Waals surface area contributed by atoms with Gasteiger partial charge in [-0.05, 0) is 63.4 Å². The highest BCUT2D eigenvalue weighted by Crippen LogP contribution is 2.19. The fourth-order valence-electron chi connectivity index (χ4n) is 3.36. The molecular weight excluding hydrogens is 314 g/mol. The zero-order valence-corrected chi connectivity index (χ0v) is 15.3. The lowest BCUT2D eigenvalue weighted by Gasteiger charge is -2.33. The Balaban J connectivity index is 1.35. The van der Waals surface area contributed by atoms with Gasteiger partial charge in [-0.1, -0.05) is 17.7 Å². The van der Waals surface area contributed by atoms with Gasteiger partial charge in [0.15, 0.2) is 0 Å². The number of aliphatic hydroxyl groups excluding tert-OH is 1. The van der Waals surface area contributed by atoms with E-state index in [1.165, 1.54) is 11.1 Å². The van der Waals surface area contributed by atoms with E-state index in [2.05, 4.69) is 34.7 Å². The summed E-state index contributed by atoms with van der Waals surface area (Å²) in [7, 11) is 0. The van der Waals surface area contributed by atoms with Crippen molar-refractivity contribution in [1.29, 1.82) is 0 Å². The van der Waals surface area contributed by atoms with Crippen LogP contribution in [0, 0.1) is 19.8 Å². The second kappa shape index (κ2) is 8.50. The normalized spacial score (nSPS) is 17.6. The highest BCUT2D eigenvalue weighted by molar-refractivity contribution is 5.26. The second-order valence-electron chi connectivity index (χ2n) is 7.26. The van der Waals surface area contributed by atoms with Crippen LogP contribution in [0.5, 0.6) is 5.75 Å². The summed E-state index contributed by atoms with van der Waals surface area (Å²) >= 11 is 0. The Morgan fingerprint density at radius 3 is 2.52 bits per heavy atom. The summed E-state index contributed by atoms with van der Waals surface area (Å²) in [4.78, 5) is 2.34. The standard InChI is InChI=1S/C20H29N3O2/c1-16-3-5-20(6-4-16)25-15-19(24)14-22-9-7-18(8-10-22)13-23-12-17(2)11-21-23/h3-6,11-12,18-19,24H,7-10,13-15H2,1-2H3/t19-/m1/s1. The molecule has 0 amide bonds. The molecule has 0 unspecified atom stereocenters. The summed E-state index contributed by atoms with van der Waals surface area (Å²) < 4.78 is 7.73. The predicted octanol–water partition coefficient (Wildman–Crippen LogP) is 2.65. The molecule has 0 aliphatic carbocycles. The predicted molar refractivity (Wildman–Crippen MR) is 98.8 cm³/mol. The molecule has 1 aromatic carbocycles. The van der Waals surface area contributed by atoms with Crippen molar-refractivity contribution in [3.63, 3.8) is 0 Å². The number of aryl methyl sites for hydroxylation is 2. The number of likely N-dealkylation sites (tertiary alicyclic amines) is 1. The van der Waals surface area contributed by atoms with Crippen molar-refractivity contribution in [3.8, 4) is 5.75 Å². The first-order chi connectivity index (χ1) is 12.1. The van der Waals surface area contributed by atoms with Crippen molar-refractivity contribution in [1.82, 2.24) is 14.7 Å². The zero-order valence-electron chi connectivity index (χ0n) is 15.3. The highest BCUT2D eigenvalue weighted by Gasteiger charge is 2.21. The summed E-state index contributed by atoms with van der Waals surface area (Å²) in [6, 6.07) is 7.94. The summed E-state index contributed by atoms with van der Waals surface area (Å²) in [6.07, 6.45) is 5.89. The van der Waals surface area contributed by atoms with Crippen LogP contribution in [0.25, 0.3) is 0 Å². The van der Waals surface area contributed by atoms with Gasteiger partial charge in [-0.15, -0.1) is 0 Å². The Bertz CT molecular complexity index is 645. The number of aliphatic hydroxyl groups is 1. The number of ether oxygens (including phenoxy) is 1. The average Bonchev–Trinajstić information content (AvgIpc) is 3.01. The number of nitrogens with zero attached hydrogens (tertiary/aromatic N) is 3. The number of benzene rings is 1. The summed E-state index contributed by atoms with van der Waals surface area (Å²) in [5, 5.41) is 14.6. The zero-order chi connectivity index (χ0) is 17.6. The quantitative estimate of drug-likeness (QED) is 0.840. The molecular formula is C20H29N3O2. The van der Waals surface area contributed by atoms with E-state index in [4.69, 9.17) is 4.74 Å². The van der Waals surface area contributed by atoms with Crippen LogP contribution >= 0.6 is 0 Å². The van der Waals surface area contributed by atoms with Crippen LogP contribution < -0.4 is 4.74 Å². The van der Waals surface area contributed by atoms with E-state index in [1.807, 2.05) is 30.5 Å². The molecule has 2 aromatic rings. The van der Waals surface area contributed by atoms with Gasteiger partial charge in [-0.2, -0.15) is 5.10 Å². The number of hydrogen-bond donors (Lipinski definition) is 1. The molecule has 2 heterocycles. The largest absolute Gasteiger partial charge is 0.491 e. The van der Waals surface area contributed by atoms with Gasteiger partial charge in [0, 0.05) is 19.3 Å². The van der Waals surface area contributed by atoms with E-state index < -0.39 is 6.10 Å². The maximum absolute atomic E-state index is 10.2. The first-order valence-corrected chi connectivity index (χ1v) is 9.17. The van der Waals surface area contributed by atoms with Crippen LogP contribution in [-0.4, -0.2) is 52.1 Å². The summed E-state index contributed by atoms with van der Waals surface area (Å²) in [6.45, 7) is 8.22. The highest BCUT2D eigenvalue weighted by atomic mass is 16.5.